The van der Waals surface area contributed by atoms with Gasteiger partial charge < -0.3 is 4.74 Å². The maximum Gasteiger partial charge on any atom is 0.340 e. The van der Waals surface area contributed by atoms with Crippen molar-refractivity contribution in [2.24, 2.45) is 0 Å². The van der Waals surface area contributed by atoms with E-state index >= 15 is 0 Å². The Kier molecular flexibility index (Phi) is 5.32. The minimum absolute atomic E-state index is 0.140. The van der Waals surface area contributed by atoms with E-state index < -0.39 is 5.97 Å². The molecule has 0 atom stereocenters. The minimum Gasteiger partial charge on any atom is -0.462 e. The van der Waals surface area contributed by atoms with Crippen molar-refractivity contribution in [2.45, 2.75) is 26.7 Å². The number of hydrogen-bond acceptors (Lipinski definition) is 4. The van der Waals surface area contributed by atoms with Crippen molar-refractivity contribution in [3.05, 3.63) is 51.0 Å². The fourth-order valence-electron chi connectivity index (χ4n) is 2.86. The van der Waals surface area contributed by atoms with Gasteiger partial charge in [-0.3, -0.25) is 0 Å². The quantitative estimate of drug-likeness (QED) is 0.394. The summed E-state index contributed by atoms with van der Waals surface area (Å²) in [5.74, 6) is -0.263. The van der Waals surface area contributed by atoms with Gasteiger partial charge in [-0.1, -0.05) is 23.7 Å². The van der Waals surface area contributed by atoms with Crippen LogP contribution in [0.3, 0.4) is 0 Å². The van der Waals surface area contributed by atoms with Crippen LogP contribution in [0.2, 0.25) is 5.02 Å². The highest BCUT2D eigenvalue weighted by Gasteiger charge is 2.25. The first kappa shape index (κ1) is 18.2. The van der Waals surface area contributed by atoms with Crippen LogP contribution in [0.4, 0.5) is 0 Å². The summed E-state index contributed by atoms with van der Waals surface area (Å²) >= 11 is 13.8. The fourth-order valence-corrected chi connectivity index (χ4v) is 4.23. The van der Waals surface area contributed by atoms with Gasteiger partial charge in [0.05, 0.1) is 23.7 Å². The Balaban J connectivity index is 2.44. The van der Waals surface area contributed by atoms with E-state index in [2.05, 4.69) is 11.9 Å². The van der Waals surface area contributed by atoms with Gasteiger partial charge in [0.2, 0.25) is 0 Å². The zero-order valence-electron chi connectivity index (χ0n) is 14.2. The van der Waals surface area contributed by atoms with Crippen LogP contribution in [0.15, 0.2) is 24.3 Å². The molecule has 25 heavy (non-hydrogen) atoms. The summed E-state index contributed by atoms with van der Waals surface area (Å²) in [7, 11) is 0. The van der Waals surface area contributed by atoms with Crippen LogP contribution >= 0.6 is 34.5 Å². The number of esters is 1. The van der Waals surface area contributed by atoms with Gasteiger partial charge in [-0.25, -0.2) is 9.78 Å². The molecular weight excluding hydrogens is 377 g/mol. The Labute approximate surface area is 160 Å². The first-order valence-corrected chi connectivity index (χ1v) is 9.62. The SMILES string of the molecule is CCOC(=O)c1c(CCl)nc2sc(C)c(C)c2c1-c1ccc(Cl)cc1. The van der Waals surface area contributed by atoms with Gasteiger partial charge >= 0.3 is 5.97 Å². The van der Waals surface area contributed by atoms with Crippen LogP contribution in [0.1, 0.15) is 33.4 Å². The van der Waals surface area contributed by atoms with E-state index in [4.69, 9.17) is 27.9 Å². The summed E-state index contributed by atoms with van der Waals surface area (Å²) in [5, 5.41) is 1.62. The Hall–Kier alpha value is -1.62. The first-order valence-electron chi connectivity index (χ1n) is 7.89. The second-order valence-electron chi connectivity index (χ2n) is 5.63. The maximum absolute atomic E-state index is 12.7. The monoisotopic (exact) mass is 393 g/mol. The van der Waals surface area contributed by atoms with E-state index in [0.717, 1.165) is 26.9 Å². The summed E-state index contributed by atoms with van der Waals surface area (Å²) in [6.45, 7) is 6.18. The van der Waals surface area contributed by atoms with Crippen molar-refractivity contribution in [3.63, 3.8) is 0 Å². The molecular formula is C19H17Cl2NO2S. The number of halogens is 2. The van der Waals surface area contributed by atoms with Gasteiger partial charge in [0.1, 0.15) is 4.83 Å². The third kappa shape index (κ3) is 3.26. The molecule has 3 aromatic rings. The van der Waals surface area contributed by atoms with Gasteiger partial charge in [-0.05, 0) is 44.0 Å². The summed E-state index contributed by atoms with van der Waals surface area (Å²) in [6.07, 6.45) is 0. The number of rotatable bonds is 4. The lowest BCUT2D eigenvalue weighted by Gasteiger charge is -2.15. The van der Waals surface area contributed by atoms with Crippen molar-refractivity contribution in [1.82, 2.24) is 4.98 Å². The Morgan fingerprint density at radius 3 is 2.52 bits per heavy atom. The van der Waals surface area contributed by atoms with Crippen molar-refractivity contribution in [1.29, 1.82) is 0 Å². The maximum atomic E-state index is 12.7. The summed E-state index contributed by atoms with van der Waals surface area (Å²) < 4.78 is 5.29. The number of pyridine rings is 1. The average Bonchev–Trinajstić information content (AvgIpc) is 2.88. The molecule has 130 valence electrons. The molecule has 2 aromatic heterocycles. The highest BCUT2D eigenvalue weighted by atomic mass is 35.5. The summed E-state index contributed by atoms with van der Waals surface area (Å²) in [4.78, 5) is 19.4. The normalized spacial score (nSPS) is 11.1. The Morgan fingerprint density at radius 2 is 1.92 bits per heavy atom. The third-order valence-corrected chi connectivity index (χ3v) is 5.74. The second kappa shape index (κ2) is 7.32. The molecule has 0 amide bonds. The van der Waals surface area contributed by atoms with Crippen LogP contribution in [-0.2, 0) is 10.6 Å². The number of carbonyl (C=O) groups is 1. The number of hydrogen-bond donors (Lipinski definition) is 0. The van der Waals surface area contributed by atoms with E-state index in [-0.39, 0.29) is 5.88 Å². The van der Waals surface area contributed by atoms with Crippen molar-refractivity contribution in [2.75, 3.05) is 6.61 Å². The number of aromatic nitrogens is 1. The van der Waals surface area contributed by atoms with Crippen LogP contribution in [0.25, 0.3) is 21.3 Å². The molecule has 3 nitrogen and oxygen atoms in total. The molecule has 0 aliphatic carbocycles. The lowest BCUT2D eigenvalue weighted by Crippen LogP contribution is -2.11. The molecule has 0 aliphatic heterocycles. The molecule has 0 bridgehead atoms. The average molecular weight is 394 g/mol. The van der Waals surface area contributed by atoms with Crippen LogP contribution < -0.4 is 0 Å². The number of alkyl halides is 1. The number of fused-ring (bicyclic) bond motifs is 1. The topological polar surface area (TPSA) is 39.2 Å². The molecule has 6 heteroatoms. The van der Waals surface area contributed by atoms with E-state index in [0.29, 0.717) is 22.9 Å². The second-order valence-corrected chi connectivity index (χ2v) is 7.54. The van der Waals surface area contributed by atoms with Gasteiger partial charge in [-0.15, -0.1) is 22.9 Å². The molecule has 0 N–H and O–H groups in total. The number of aryl methyl sites for hydroxylation is 2. The predicted octanol–water partition coefficient (Wildman–Crippen LogP) is 6.15. The standard InChI is InChI=1S/C19H17Cl2NO2S/c1-4-24-19(23)17-14(9-20)22-18-15(10(2)11(3)25-18)16(17)12-5-7-13(21)8-6-12/h5-8H,4,9H2,1-3H3. The highest BCUT2D eigenvalue weighted by molar-refractivity contribution is 7.18. The lowest BCUT2D eigenvalue weighted by molar-refractivity contribution is 0.0526. The summed E-state index contributed by atoms with van der Waals surface area (Å²) in [6, 6.07) is 7.44. The number of ether oxygens (including phenoxy) is 1. The molecule has 1 aromatic carbocycles. The molecule has 0 saturated carbocycles. The molecule has 0 saturated heterocycles. The lowest BCUT2D eigenvalue weighted by atomic mass is 9.94. The van der Waals surface area contributed by atoms with Crippen molar-refractivity contribution < 1.29 is 9.53 Å². The molecule has 0 unspecified atom stereocenters. The van der Waals surface area contributed by atoms with Crippen molar-refractivity contribution >= 4 is 50.7 Å². The Bertz CT molecular complexity index is 948. The molecule has 0 radical (unpaired) electrons. The van der Waals surface area contributed by atoms with Gasteiger partial charge in [0.15, 0.2) is 0 Å². The molecule has 0 spiro atoms. The number of carbonyl (C=O) groups excluding carboxylic acids is 1. The third-order valence-electron chi connectivity index (χ3n) is 4.13. The van der Waals surface area contributed by atoms with E-state index in [1.54, 1.807) is 18.3 Å². The summed E-state index contributed by atoms with van der Waals surface area (Å²) in [5.41, 5.74) is 3.81. The zero-order valence-corrected chi connectivity index (χ0v) is 16.5. The van der Waals surface area contributed by atoms with Crippen LogP contribution in [0.5, 0.6) is 0 Å². The van der Waals surface area contributed by atoms with Crippen molar-refractivity contribution in [3.8, 4) is 11.1 Å². The largest absolute Gasteiger partial charge is 0.462 e. The van der Waals surface area contributed by atoms with Gasteiger partial charge in [0, 0.05) is 20.8 Å². The number of nitrogens with zero attached hydrogens (tertiary/aromatic N) is 1. The highest BCUT2D eigenvalue weighted by Crippen LogP contribution is 2.40. The smallest absolute Gasteiger partial charge is 0.340 e. The fraction of sp³-hybridized carbons (Fsp3) is 0.263. The predicted molar refractivity (Wildman–Crippen MR) is 105 cm³/mol. The van der Waals surface area contributed by atoms with Crippen LogP contribution in [-0.4, -0.2) is 17.6 Å². The Morgan fingerprint density at radius 1 is 1.24 bits per heavy atom. The van der Waals surface area contributed by atoms with E-state index in [9.17, 15) is 4.79 Å². The number of thiophene rings is 1. The zero-order chi connectivity index (χ0) is 18.1. The minimum atomic E-state index is -0.402. The van der Waals surface area contributed by atoms with Gasteiger partial charge in [0.25, 0.3) is 0 Å². The number of benzene rings is 1. The van der Waals surface area contributed by atoms with Gasteiger partial charge in [-0.2, -0.15) is 0 Å². The molecule has 2 heterocycles. The van der Waals surface area contributed by atoms with Crippen LogP contribution in [0, 0.1) is 13.8 Å². The molecule has 0 aliphatic rings. The molecule has 3 rings (SSSR count). The first-order chi connectivity index (χ1) is 12.0. The molecule has 0 fully saturated rings. The van der Waals surface area contributed by atoms with E-state index in [1.807, 2.05) is 31.2 Å². The van der Waals surface area contributed by atoms with E-state index in [1.165, 1.54) is 4.88 Å².